The molecule has 0 saturated heterocycles. The second kappa shape index (κ2) is 20.6. The Morgan fingerprint density at radius 1 is 0.149 bits per heavy atom. The van der Waals surface area contributed by atoms with E-state index < -0.39 is 0 Å². The third-order valence-electron chi connectivity index (χ3n) is 20.2. The Labute approximate surface area is 541 Å². The van der Waals surface area contributed by atoms with Crippen LogP contribution in [-0.4, -0.2) is 0 Å². The van der Waals surface area contributed by atoms with E-state index in [-0.39, 0.29) is 0 Å². The zero-order valence-corrected chi connectivity index (χ0v) is 51.0. The van der Waals surface area contributed by atoms with Gasteiger partial charge >= 0.3 is 0 Å². The second-order valence-electron chi connectivity index (χ2n) is 25.3. The van der Waals surface area contributed by atoms with Crippen LogP contribution in [0, 0.1) is 0 Å². The Morgan fingerprint density at radius 3 is 1.06 bits per heavy atom. The molecule has 0 radical (unpaired) electrons. The minimum Gasteiger partial charge on any atom is -0.455 e. The predicted octanol–water partition coefficient (Wildman–Crippen LogP) is 26.4. The molecule has 0 spiro atoms. The van der Waals surface area contributed by atoms with E-state index in [2.05, 4.69) is 328 Å². The van der Waals surface area contributed by atoms with Gasteiger partial charge in [-0.25, -0.2) is 0 Å². The van der Waals surface area contributed by atoms with E-state index in [4.69, 9.17) is 8.83 Å². The summed E-state index contributed by atoms with van der Waals surface area (Å²) in [6.07, 6.45) is 0. The highest BCUT2D eigenvalue weighted by Crippen LogP contribution is 2.49. The highest BCUT2D eigenvalue weighted by atomic mass is 16.3. The summed E-state index contributed by atoms with van der Waals surface area (Å²) >= 11 is 0. The van der Waals surface area contributed by atoms with Crippen molar-refractivity contribution in [2.75, 3.05) is 0 Å². The number of hydrogen-bond acceptors (Lipinski definition) is 2. The van der Waals surface area contributed by atoms with Crippen molar-refractivity contribution in [1.29, 1.82) is 0 Å². The van der Waals surface area contributed by atoms with Gasteiger partial charge in [-0.1, -0.05) is 261 Å². The van der Waals surface area contributed by atoms with Crippen LogP contribution in [0.1, 0.15) is 0 Å². The summed E-state index contributed by atoms with van der Waals surface area (Å²) in [4.78, 5) is 0. The van der Waals surface area contributed by atoms with E-state index in [0.29, 0.717) is 0 Å². The van der Waals surface area contributed by atoms with Gasteiger partial charge in [-0.05, 0) is 220 Å². The molecule has 0 fully saturated rings. The van der Waals surface area contributed by atoms with Crippen molar-refractivity contribution in [2.24, 2.45) is 0 Å². The van der Waals surface area contributed by atoms with Crippen LogP contribution in [0.3, 0.4) is 0 Å². The molecule has 20 rings (SSSR count). The predicted molar refractivity (Wildman–Crippen MR) is 399 cm³/mol. The van der Waals surface area contributed by atoms with Crippen molar-refractivity contribution in [2.45, 2.75) is 0 Å². The molecule has 0 unspecified atom stereocenters. The molecule has 2 aromatic heterocycles. The summed E-state index contributed by atoms with van der Waals surface area (Å²) < 4.78 is 13.6. The first-order chi connectivity index (χ1) is 46.6. The van der Waals surface area contributed by atoms with E-state index >= 15 is 0 Å². The Balaban J connectivity index is 0.672. The molecule has 434 valence electrons. The topological polar surface area (TPSA) is 26.3 Å². The first kappa shape index (κ1) is 52.4. The molecule has 2 nitrogen and oxygen atoms in total. The molecule has 0 bridgehead atoms. The molecule has 0 atom stereocenters. The standard InChI is InChI=1S/C92H54O2/c1-2-18-60-48-62(38-32-55(60)16-1)61-20-15-21-65(49-61)88-75-28-11-13-30-77(75)90(78-31-14-12-29-76(78)88)67-43-47-86-84(53-67)80-45-41-58-35-39-63(51-82(58)92(80)94-86)68-50-64-19-4-5-22-69(64)81(54-68)57-33-36-59(37-34-57)87-71-24-7-9-26-73(71)89(74-27-10-8-25-72(74)87)66-42-46-85-83(52-66)79-44-40-56-17-3-6-23-70(56)91(79)93-85/h1-54H. The monoisotopic (exact) mass is 1190 g/mol. The molecule has 0 aliphatic rings. The largest absolute Gasteiger partial charge is 0.455 e. The van der Waals surface area contributed by atoms with Crippen LogP contribution in [0.2, 0.25) is 0 Å². The smallest absolute Gasteiger partial charge is 0.143 e. The maximum Gasteiger partial charge on any atom is 0.143 e. The third-order valence-corrected chi connectivity index (χ3v) is 20.2. The second-order valence-corrected chi connectivity index (χ2v) is 25.3. The highest BCUT2D eigenvalue weighted by Gasteiger charge is 2.22. The van der Waals surface area contributed by atoms with E-state index in [0.717, 1.165) is 82.3 Å². The molecule has 0 aliphatic heterocycles. The molecule has 20 aromatic rings. The van der Waals surface area contributed by atoms with Crippen molar-refractivity contribution in [3.8, 4) is 77.9 Å². The molecule has 0 aliphatic carbocycles. The van der Waals surface area contributed by atoms with Crippen LogP contribution in [-0.2, 0) is 0 Å². The van der Waals surface area contributed by atoms with Gasteiger partial charge in [0.2, 0.25) is 0 Å². The molecule has 94 heavy (non-hydrogen) atoms. The average Bonchev–Trinajstić information content (AvgIpc) is 1.07. The van der Waals surface area contributed by atoms with Crippen LogP contribution in [0.4, 0.5) is 0 Å². The molecule has 0 N–H and O–H groups in total. The zero-order chi connectivity index (χ0) is 61.5. The number of fused-ring (bicyclic) bond motifs is 16. The fourth-order valence-electron chi connectivity index (χ4n) is 15.8. The van der Waals surface area contributed by atoms with Crippen molar-refractivity contribution >= 4 is 130 Å². The Morgan fingerprint density at radius 2 is 0.500 bits per heavy atom. The van der Waals surface area contributed by atoms with Gasteiger partial charge in [0.15, 0.2) is 0 Å². The third kappa shape index (κ3) is 8.10. The molecule has 2 heterocycles. The van der Waals surface area contributed by atoms with Crippen molar-refractivity contribution < 1.29 is 8.83 Å². The normalized spacial score (nSPS) is 12.0. The summed E-state index contributed by atoms with van der Waals surface area (Å²) in [5.74, 6) is 0. The lowest BCUT2D eigenvalue weighted by Crippen LogP contribution is -1.91. The fourth-order valence-corrected chi connectivity index (χ4v) is 15.8. The molecule has 18 aromatic carbocycles. The van der Waals surface area contributed by atoms with E-state index in [1.54, 1.807) is 0 Å². The van der Waals surface area contributed by atoms with Crippen molar-refractivity contribution in [3.63, 3.8) is 0 Å². The first-order valence-corrected chi connectivity index (χ1v) is 32.4. The first-order valence-electron chi connectivity index (χ1n) is 32.4. The lowest BCUT2D eigenvalue weighted by molar-refractivity contribution is 0.672. The summed E-state index contributed by atoms with van der Waals surface area (Å²) in [5, 5.41) is 23.7. The van der Waals surface area contributed by atoms with Crippen LogP contribution < -0.4 is 0 Å². The number of benzene rings is 18. The van der Waals surface area contributed by atoms with Gasteiger partial charge < -0.3 is 8.83 Å². The summed E-state index contributed by atoms with van der Waals surface area (Å²) in [5.41, 5.74) is 20.3. The average molecular weight is 1190 g/mol. The SMILES string of the molecule is c1cc(-c2ccc3ccccc3c2)cc(-c2c3ccccc3c(-c3ccc4oc5c6cc(-c7cc(-c8ccc(-c9c%10ccccc%10c(-c%10ccc%11oc%12c%13ccccc%13ccc%12c%11c%10)c%10ccccc9%10)cc8)c8ccccc8c7)ccc6ccc5c4c3)c3ccccc23)c1. The molecular formula is C92H54O2. The number of hydrogen-bond donors (Lipinski definition) is 0. The maximum absolute atomic E-state index is 7.00. The Bertz CT molecular complexity index is 6480. The van der Waals surface area contributed by atoms with E-state index in [9.17, 15) is 0 Å². The van der Waals surface area contributed by atoms with Gasteiger partial charge in [-0.2, -0.15) is 0 Å². The molecule has 2 heteroatoms. The van der Waals surface area contributed by atoms with Gasteiger partial charge in [0.25, 0.3) is 0 Å². The summed E-state index contributed by atoms with van der Waals surface area (Å²) in [6, 6.07) is 121. The lowest BCUT2D eigenvalue weighted by atomic mass is 9.85. The zero-order valence-electron chi connectivity index (χ0n) is 51.0. The van der Waals surface area contributed by atoms with Crippen LogP contribution >= 0.6 is 0 Å². The van der Waals surface area contributed by atoms with Crippen molar-refractivity contribution in [1.82, 2.24) is 0 Å². The lowest BCUT2D eigenvalue weighted by Gasteiger charge is -2.18. The van der Waals surface area contributed by atoms with E-state index in [1.807, 2.05) is 0 Å². The maximum atomic E-state index is 7.00. The Hall–Kier alpha value is -12.4. The number of furan rings is 2. The minimum absolute atomic E-state index is 0.871. The van der Waals surface area contributed by atoms with Gasteiger partial charge in [0.05, 0.1) is 0 Å². The van der Waals surface area contributed by atoms with Gasteiger partial charge in [-0.3, -0.25) is 0 Å². The van der Waals surface area contributed by atoms with Crippen molar-refractivity contribution in [3.05, 3.63) is 328 Å². The van der Waals surface area contributed by atoms with Gasteiger partial charge in [0.1, 0.15) is 22.3 Å². The van der Waals surface area contributed by atoms with Crippen LogP contribution in [0.25, 0.3) is 208 Å². The Kier molecular flexibility index (Phi) is 11.5. The fraction of sp³-hybridized carbons (Fsp3) is 0. The quantitative estimate of drug-likeness (QED) is 0.149. The molecule has 0 amide bonds. The summed E-state index contributed by atoms with van der Waals surface area (Å²) in [6.45, 7) is 0. The highest BCUT2D eigenvalue weighted by molar-refractivity contribution is 6.25. The molecule has 0 saturated carbocycles. The summed E-state index contributed by atoms with van der Waals surface area (Å²) in [7, 11) is 0. The van der Waals surface area contributed by atoms with Crippen LogP contribution in [0.5, 0.6) is 0 Å². The minimum atomic E-state index is 0.871. The van der Waals surface area contributed by atoms with Gasteiger partial charge in [-0.15, -0.1) is 0 Å². The van der Waals surface area contributed by atoms with Gasteiger partial charge in [0, 0.05) is 32.3 Å². The molecular weight excluding hydrogens is 1140 g/mol. The van der Waals surface area contributed by atoms with Crippen LogP contribution in [0.15, 0.2) is 336 Å². The van der Waals surface area contributed by atoms with E-state index in [1.165, 1.54) is 126 Å². The number of rotatable bonds is 7.